The van der Waals surface area contributed by atoms with Crippen molar-refractivity contribution in [1.29, 1.82) is 0 Å². The Labute approximate surface area is 118 Å². The number of amides is 1. The van der Waals surface area contributed by atoms with E-state index in [0.29, 0.717) is 11.5 Å². The van der Waals surface area contributed by atoms with Crippen LogP contribution in [0.4, 0.5) is 0 Å². The monoisotopic (exact) mass is 281 g/mol. The molecular weight excluding hydrogens is 262 g/mol. The van der Waals surface area contributed by atoms with Crippen LogP contribution in [0, 0.1) is 0 Å². The van der Waals surface area contributed by atoms with Crippen molar-refractivity contribution < 1.29 is 23.8 Å². The largest absolute Gasteiger partial charge is 0.497 e. The predicted molar refractivity (Wildman–Crippen MR) is 72.7 cm³/mol. The Morgan fingerprint density at radius 3 is 2.35 bits per heavy atom. The van der Waals surface area contributed by atoms with Crippen molar-refractivity contribution in [2.24, 2.45) is 0 Å². The number of ether oxygens (including phenoxy) is 3. The Balaban J connectivity index is 2.42. The normalized spacial score (nSPS) is 11.3. The number of hydrogen-bond acceptors (Lipinski definition) is 5. The van der Waals surface area contributed by atoms with E-state index in [1.54, 1.807) is 45.2 Å². The fourth-order valence-electron chi connectivity index (χ4n) is 1.43. The van der Waals surface area contributed by atoms with Crippen molar-refractivity contribution in [2.45, 2.75) is 20.0 Å². The van der Waals surface area contributed by atoms with Crippen LogP contribution in [0.1, 0.15) is 13.8 Å². The molecule has 6 heteroatoms. The molecule has 0 aliphatic carbocycles. The summed E-state index contributed by atoms with van der Waals surface area (Å²) in [6.45, 7) is 3.43. The first-order valence-electron chi connectivity index (χ1n) is 6.30. The van der Waals surface area contributed by atoms with Crippen molar-refractivity contribution >= 4 is 11.9 Å². The molecule has 1 N–H and O–H groups in total. The molecule has 1 aromatic carbocycles. The number of carbonyl (C=O) groups is 2. The smallest absolute Gasteiger partial charge is 0.325 e. The number of nitrogens with one attached hydrogen (secondary N) is 1. The van der Waals surface area contributed by atoms with Gasteiger partial charge in [-0.25, -0.2) is 0 Å². The van der Waals surface area contributed by atoms with Gasteiger partial charge in [-0.1, -0.05) is 0 Å². The lowest BCUT2D eigenvalue weighted by molar-refractivity contribution is -0.144. The van der Waals surface area contributed by atoms with Crippen molar-refractivity contribution in [1.82, 2.24) is 5.32 Å². The summed E-state index contributed by atoms with van der Waals surface area (Å²) < 4.78 is 15.2. The van der Waals surface area contributed by atoms with Crippen LogP contribution in [-0.2, 0) is 14.3 Å². The Morgan fingerprint density at radius 2 is 1.80 bits per heavy atom. The van der Waals surface area contributed by atoms with Crippen LogP contribution >= 0.6 is 0 Å². The van der Waals surface area contributed by atoms with Crippen LogP contribution in [0.5, 0.6) is 11.5 Å². The molecule has 0 radical (unpaired) electrons. The predicted octanol–water partition coefficient (Wildman–Crippen LogP) is 1.14. The highest BCUT2D eigenvalue weighted by Gasteiger charge is 2.15. The quantitative estimate of drug-likeness (QED) is 0.759. The molecule has 0 spiro atoms. The highest BCUT2D eigenvalue weighted by molar-refractivity contribution is 5.84. The van der Waals surface area contributed by atoms with Crippen LogP contribution in [0.25, 0.3) is 0 Å². The first-order chi connectivity index (χ1) is 9.56. The van der Waals surface area contributed by atoms with Gasteiger partial charge in [0.15, 0.2) is 6.10 Å². The molecule has 0 fully saturated rings. The van der Waals surface area contributed by atoms with Gasteiger partial charge in [-0.15, -0.1) is 0 Å². The minimum atomic E-state index is -0.710. The SMILES string of the molecule is CCOC(=O)CNC(=O)C(C)Oc1ccc(OC)cc1. The van der Waals surface area contributed by atoms with Crippen LogP contribution in [0.2, 0.25) is 0 Å². The van der Waals surface area contributed by atoms with E-state index in [1.165, 1.54) is 0 Å². The number of carbonyl (C=O) groups excluding carboxylic acids is 2. The van der Waals surface area contributed by atoms with Gasteiger partial charge >= 0.3 is 5.97 Å². The standard InChI is InChI=1S/C14H19NO5/c1-4-19-13(16)9-15-14(17)10(2)20-12-7-5-11(18-3)6-8-12/h5-8,10H,4,9H2,1-3H3,(H,15,17). The lowest BCUT2D eigenvalue weighted by Crippen LogP contribution is -2.39. The van der Waals surface area contributed by atoms with Gasteiger partial charge in [0.25, 0.3) is 5.91 Å². The fraction of sp³-hybridized carbons (Fsp3) is 0.429. The molecule has 0 saturated carbocycles. The number of methoxy groups -OCH3 is 1. The maximum absolute atomic E-state index is 11.7. The third kappa shape index (κ3) is 5.17. The van der Waals surface area contributed by atoms with Gasteiger partial charge in [-0.05, 0) is 38.1 Å². The average molecular weight is 281 g/mol. The van der Waals surface area contributed by atoms with Crippen molar-refractivity contribution in [3.8, 4) is 11.5 Å². The van der Waals surface area contributed by atoms with E-state index in [9.17, 15) is 9.59 Å². The molecule has 1 aromatic rings. The number of hydrogen-bond donors (Lipinski definition) is 1. The fourth-order valence-corrected chi connectivity index (χ4v) is 1.43. The number of benzene rings is 1. The third-order valence-corrected chi connectivity index (χ3v) is 2.45. The first-order valence-corrected chi connectivity index (χ1v) is 6.30. The molecule has 1 rings (SSSR count). The van der Waals surface area contributed by atoms with Gasteiger partial charge in [0.1, 0.15) is 18.0 Å². The Hall–Kier alpha value is -2.24. The molecule has 1 amide bonds. The van der Waals surface area contributed by atoms with Gasteiger partial charge in [0.2, 0.25) is 0 Å². The van der Waals surface area contributed by atoms with Crippen LogP contribution in [0.15, 0.2) is 24.3 Å². The van der Waals surface area contributed by atoms with Gasteiger partial charge in [-0.3, -0.25) is 9.59 Å². The van der Waals surface area contributed by atoms with E-state index in [-0.39, 0.29) is 19.1 Å². The molecular formula is C14H19NO5. The molecule has 1 unspecified atom stereocenters. The first kappa shape index (κ1) is 15.8. The van der Waals surface area contributed by atoms with Gasteiger partial charge in [0, 0.05) is 0 Å². The topological polar surface area (TPSA) is 73.9 Å². The van der Waals surface area contributed by atoms with Crippen LogP contribution < -0.4 is 14.8 Å². The van der Waals surface area contributed by atoms with E-state index in [0.717, 1.165) is 0 Å². The summed E-state index contributed by atoms with van der Waals surface area (Å²) in [5.74, 6) is 0.396. The summed E-state index contributed by atoms with van der Waals surface area (Å²) in [5.41, 5.74) is 0. The molecule has 0 saturated heterocycles. The summed E-state index contributed by atoms with van der Waals surface area (Å²) in [6, 6.07) is 6.87. The Morgan fingerprint density at radius 1 is 1.20 bits per heavy atom. The number of rotatable bonds is 7. The molecule has 110 valence electrons. The van der Waals surface area contributed by atoms with Crippen LogP contribution in [-0.4, -0.2) is 38.2 Å². The summed E-state index contributed by atoms with van der Waals surface area (Å²) >= 11 is 0. The summed E-state index contributed by atoms with van der Waals surface area (Å²) in [7, 11) is 1.57. The minimum absolute atomic E-state index is 0.164. The zero-order valence-corrected chi connectivity index (χ0v) is 11.8. The van der Waals surface area contributed by atoms with Crippen molar-refractivity contribution in [2.75, 3.05) is 20.3 Å². The Kier molecular flexibility index (Phi) is 6.36. The van der Waals surface area contributed by atoms with Crippen LogP contribution in [0.3, 0.4) is 0 Å². The molecule has 0 heterocycles. The molecule has 0 bridgehead atoms. The van der Waals surface area contributed by atoms with Gasteiger partial charge in [-0.2, -0.15) is 0 Å². The van der Waals surface area contributed by atoms with E-state index < -0.39 is 12.1 Å². The molecule has 0 aliphatic heterocycles. The van der Waals surface area contributed by atoms with E-state index in [4.69, 9.17) is 14.2 Å². The highest BCUT2D eigenvalue weighted by atomic mass is 16.5. The molecule has 6 nitrogen and oxygen atoms in total. The van der Waals surface area contributed by atoms with Crippen molar-refractivity contribution in [3.05, 3.63) is 24.3 Å². The van der Waals surface area contributed by atoms with Gasteiger partial charge in [0.05, 0.1) is 13.7 Å². The maximum atomic E-state index is 11.7. The molecule has 1 atom stereocenters. The third-order valence-electron chi connectivity index (χ3n) is 2.45. The van der Waals surface area contributed by atoms with Gasteiger partial charge < -0.3 is 19.5 Å². The second kappa shape index (κ2) is 8.04. The maximum Gasteiger partial charge on any atom is 0.325 e. The van der Waals surface area contributed by atoms with Crippen molar-refractivity contribution in [3.63, 3.8) is 0 Å². The lowest BCUT2D eigenvalue weighted by atomic mass is 10.3. The zero-order chi connectivity index (χ0) is 15.0. The highest BCUT2D eigenvalue weighted by Crippen LogP contribution is 2.18. The van der Waals surface area contributed by atoms with E-state index in [2.05, 4.69) is 5.32 Å². The van der Waals surface area contributed by atoms with E-state index in [1.807, 2.05) is 0 Å². The summed E-state index contributed by atoms with van der Waals surface area (Å²) in [6.07, 6.45) is -0.710. The van der Waals surface area contributed by atoms with E-state index >= 15 is 0 Å². The molecule has 0 aromatic heterocycles. The minimum Gasteiger partial charge on any atom is -0.497 e. The average Bonchev–Trinajstić information content (AvgIpc) is 2.45. The molecule has 20 heavy (non-hydrogen) atoms. The Bertz CT molecular complexity index is 443. The second-order valence-corrected chi connectivity index (χ2v) is 3.96. The number of esters is 1. The lowest BCUT2D eigenvalue weighted by Gasteiger charge is -2.14. The second-order valence-electron chi connectivity index (χ2n) is 3.96. The molecule has 0 aliphatic rings. The zero-order valence-electron chi connectivity index (χ0n) is 11.8. The summed E-state index contributed by atoms with van der Waals surface area (Å²) in [5, 5.41) is 2.45. The summed E-state index contributed by atoms with van der Waals surface area (Å²) in [4.78, 5) is 22.8.